The predicted molar refractivity (Wildman–Crippen MR) is 168 cm³/mol. The minimum atomic E-state index is -0.630. The number of thioether (sulfide) groups is 1. The number of amides is 1. The fourth-order valence-corrected chi connectivity index (χ4v) is 7.50. The maximum absolute atomic E-state index is 14.0. The second kappa shape index (κ2) is 12.1. The first-order chi connectivity index (χ1) is 20.0. The monoisotopic (exact) mass is 608 g/mol. The van der Waals surface area contributed by atoms with Crippen LogP contribution >= 0.6 is 23.1 Å². The largest absolute Gasteiger partial charge is 0.443 e. The van der Waals surface area contributed by atoms with E-state index in [1.165, 1.54) is 12.1 Å². The minimum absolute atomic E-state index is 0.253. The molecule has 0 spiro atoms. The van der Waals surface area contributed by atoms with Gasteiger partial charge >= 0.3 is 6.09 Å². The van der Waals surface area contributed by atoms with Crippen LogP contribution in [0.1, 0.15) is 52.5 Å². The molecule has 0 N–H and O–H groups in total. The Labute approximate surface area is 254 Å². The number of aryl methyl sites for hydroxylation is 1. The van der Waals surface area contributed by atoms with Gasteiger partial charge < -0.3 is 9.64 Å². The molecule has 0 saturated heterocycles. The molecule has 3 aromatic rings. The van der Waals surface area contributed by atoms with E-state index in [9.17, 15) is 13.6 Å². The fourth-order valence-electron chi connectivity index (χ4n) is 5.28. The molecule has 0 bridgehead atoms. The number of carbonyl (C=O) groups is 1. The highest BCUT2D eigenvalue weighted by Gasteiger charge is 2.29. The molecule has 0 unspecified atom stereocenters. The van der Waals surface area contributed by atoms with Gasteiger partial charge in [0.25, 0.3) is 5.01 Å². The van der Waals surface area contributed by atoms with Crippen LogP contribution in [0, 0.1) is 11.6 Å². The normalized spacial score (nSPS) is 17.4. The molecule has 1 aromatic heterocycles. The quantitative estimate of drug-likeness (QED) is 0.262. The van der Waals surface area contributed by atoms with E-state index in [2.05, 4.69) is 33.8 Å². The molecule has 0 fully saturated rings. The Morgan fingerprint density at radius 3 is 2.52 bits per heavy atom. The summed E-state index contributed by atoms with van der Waals surface area (Å²) in [6, 6.07) is 9.76. The second-order valence-corrected chi connectivity index (χ2v) is 13.3. The van der Waals surface area contributed by atoms with Crippen molar-refractivity contribution in [3.05, 3.63) is 93.1 Å². The lowest BCUT2D eigenvalue weighted by Crippen LogP contribution is -2.34. The molecule has 5 rings (SSSR count). The van der Waals surface area contributed by atoms with Crippen molar-refractivity contribution in [3.63, 3.8) is 0 Å². The van der Waals surface area contributed by atoms with Crippen LogP contribution < -0.4 is 9.47 Å². The first kappa shape index (κ1) is 30.0. The molecular formula is C33H36F2N3O2S2+. The number of thiazole rings is 1. The zero-order valence-electron chi connectivity index (χ0n) is 24.8. The highest BCUT2D eigenvalue weighted by Crippen LogP contribution is 2.46. The van der Waals surface area contributed by atoms with E-state index in [1.807, 2.05) is 46.8 Å². The van der Waals surface area contributed by atoms with E-state index in [0.717, 1.165) is 60.5 Å². The van der Waals surface area contributed by atoms with Crippen molar-refractivity contribution in [1.82, 2.24) is 4.90 Å². The minimum Gasteiger partial charge on any atom is -0.443 e. The number of carbonyl (C=O) groups excluding carboxylic acids is 1. The first-order valence-corrected chi connectivity index (χ1v) is 15.8. The van der Waals surface area contributed by atoms with E-state index < -0.39 is 11.7 Å². The molecule has 1 aliphatic carbocycles. The van der Waals surface area contributed by atoms with Crippen LogP contribution in [0.5, 0.6) is 0 Å². The fraction of sp³-hybridized carbons (Fsp3) is 0.333. The summed E-state index contributed by atoms with van der Waals surface area (Å²) in [5, 5.41) is 2.02. The first-order valence-electron chi connectivity index (χ1n) is 14.1. The molecule has 0 saturated carbocycles. The zero-order chi connectivity index (χ0) is 30.2. The van der Waals surface area contributed by atoms with E-state index in [-0.39, 0.29) is 11.6 Å². The second-order valence-electron chi connectivity index (χ2n) is 11.2. The Bertz CT molecular complexity index is 1660. The third kappa shape index (κ3) is 6.17. The van der Waals surface area contributed by atoms with E-state index in [1.54, 1.807) is 47.2 Å². The number of likely N-dealkylation sites (N-methyl/N-ethyl adjacent to an activating group) is 1. The van der Waals surface area contributed by atoms with Crippen molar-refractivity contribution in [3.8, 4) is 0 Å². The van der Waals surface area contributed by atoms with Crippen LogP contribution in [0.15, 0.2) is 81.4 Å². The number of halogens is 2. The number of anilines is 1. The molecule has 0 radical (unpaired) electrons. The molecule has 42 heavy (non-hydrogen) atoms. The lowest BCUT2D eigenvalue weighted by atomic mass is 10.1. The van der Waals surface area contributed by atoms with Gasteiger partial charge in [0.05, 0.1) is 16.4 Å². The molecular weight excluding hydrogens is 573 g/mol. The van der Waals surface area contributed by atoms with Crippen LogP contribution in [-0.2, 0) is 11.3 Å². The molecule has 0 atom stereocenters. The van der Waals surface area contributed by atoms with Gasteiger partial charge in [-0.25, -0.2) is 13.6 Å². The highest BCUT2D eigenvalue weighted by molar-refractivity contribution is 8.03. The number of nitrogens with zero attached hydrogens (tertiary/aromatic N) is 3. The summed E-state index contributed by atoms with van der Waals surface area (Å²) >= 11 is 3.23. The molecule has 2 heterocycles. The maximum Gasteiger partial charge on any atom is 0.414 e. The molecule has 220 valence electrons. The Balaban J connectivity index is 1.53. The third-order valence-electron chi connectivity index (χ3n) is 7.15. The maximum atomic E-state index is 14.0. The molecule has 9 heteroatoms. The van der Waals surface area contributed by atoms with Gasteiger partial charge in [-0.1, -0.05) is 29.2 Å². The number of fused-ring (bicyclic) bond motifs is 2. The van der Waals surface area contributed by atoms with Crippen LogP contribution in [0.3, 0.4) is 0 Å². The van der Waals surface area contributed by atoms with Gasteiger partial charge in [-0.2, -0.15) is 4.57 Å². The molecule has 5 nitrogen and oxygen atoms in total. The van der Waals surface area contributed by atoms with E-state index in [4.69, 9.17) is 4.74 Å². The Morgan fingerprint density at radius 1 is 1.07 bits per heavy atom. The summed E-state index contributed by atoms with van der Waals surface area (Å²) in [5.41, 5.74) is 3.98. The van der Waals surface area contributed by atoms with Gasteiger partial charge in [0, 0.05) is 30.6 Å². The molecule has 2 aliphatic rings. The van der Waals surface area contributed by atoms with Crippen LogP contribution in [0.2, 0.25) is 0 Å². The molecule has 2 aromatic carbocycles. The predicted octanol–water partition coefficient (Wildman–Crippen LogP) is 8.81. The summed E-state index contributed by atoms with van der Waals surface area (Å²) in [4.78, 5) is 17.9. The standard InChI is InChI=1S/C33H36F2N3O2S2/c1-7-37-25-19-23(34)13-15-27(25)41-29(37)17-11-21-9-10-22(31(21)36(6)32(39)40-33(3,4)5)12-18-30-38(8-2)26-20-24(35)14-16-28(26)42-30/h11-20H,7-10H2,1-6H3/q+1. The van der Waals surface area contributed by atoms with Gasteiger partial charge in [-0.05, 0) is 101 Å². The van der Waals surface area contributed by atoms with Crippen LogP contribution in [0.4, 0.5) is 19.3 Å². The van der Waals surface area contributed by atoms with Gasteiger partial charge in [-0.15, -0.1) is 0 Å². The smallest absolute Gasteiger partial charge is 0.414 e. The number of hydrogen-bond acceptors (Lipinski definition) is 5. The summed E-state index contributed by atoms with van der Waals surface area (Å²) in [6.45, 7) is 11.1. The number of allylic oxidation sites excluding steroid dienone is 5. The average Bonchev–Trinajstić information content (AvgIpc) is 3.60. The van der Waals surface area contributed by atoms with Crippen LogP contribution in [0.25, 0.3) is 16.3 Å². The van der Waals surface area contributed by atoms with Gasteiger partial charge in [0.2, 0.25) is 5.52 Å². The number of rotatable bonds is 6. The highest BCUT2D eigenvalue weighted by atomic mass is 32.2. The van der Waals surface area contributed by atoms with Crippen molar-refractivity contribution in [2.75, 3.05) is 18.5 Å². The van der Waals surface area contributed by atoms with Crippen molar-refractivity contribution in [2.45, 2.75) is 64.5 Å². The van der Waals surface area contributed by atoms with E-state index >= 15 is 0 Å². The zero-order valence-corrected chi connectivity index (χ0v) is 26.5. The summed E-state index contributed by atoms with van der Waals surface area (Å²) in [6.07, 6.45) is 9.35. The van der Waals surface area contributed by atoms with Crippen molar-refractivity contribution >= 4 is 51.2 Å². The van der Waals surface area contributed by atoms with Crippen molar-refractivity contribution < 1.29 is 22.9 Å². The number of ether oxygens (including phenoxy) is 1. The summed E-state index contributed by atoms with van der Waals surface area (Å²) in [7, 11) is 1.75. The van der Waals surface area contributed by atoms with Gasteiger partial charge in [0.15, 0.2) is 0 Å². The topological polar surface area (TPSA) is 36.7 Å². The van der Waals surface area contributed by atoms with Crippen LogP contribution in [-0.4, -0.2) is 30.2 Å². The van der Waals surface area contributed by atoms with Crippen molar-refractivity contribution in [2.24, 2.45) is 0 Å². The Kier molecular flexibility index (Phi) is 8.62. The number of hydrogen-bond donors (Lipinski definition) is 0. The lowest BCUT2D eigenvalue weighted by Gasteiger charge is -2.26. The number of benzene rings is 2. The SMILES string of the molecule is CCN1C(=CC=C2CCC(C=Cc3sc4ccc(F)cc4[n+]3CC)=C2N(C)C(=O)OC(C)(C)C)Sc2ccc(F)cc21. The van der Waals surface area contributed by atoms with E-state index in [0.29, 0.717) is 13.1 Å². The summed E-state index contributed by atoms with van der Waals surface area (Å²) < 4.78 is 36.8. The number of aromatic nitrogens is 1. The van der Waals surface area contributed by atoms with Gasteiger partial charge in [0.1, 0.15) is 28.5 Å². The third-order valence-corrected chi connectivity index (χ3v) is 9.41. The van der Waals surface area contributed by atoms with Crippen molar-refractivity contribution in [1.29, 1.82) is 0 Å². The molecule has 1 amide bonds. The Hall–Kier alpha value is -3.43. The lowest BCUT2D eigenvalue weighted by molar-refractivity contribution is -0.665. The molecule has 1 aliphatic heterocycles. The van der Waals surface area contributed by atoms with Gasteiger partial charge in [-0.3, -0.25) is 4.90 Å². The summed E-state index contributed by atoms with van der Waals surface area (Å²) in [5.74, 6) is -0.506. The average molecular weight is 609 g/mol. The Morgan fingerprint density at radius 2 is 1.81 bits per heavy atom.